The summed E-state index contributed by atoms with van der Waals surface area (Å²) in [5.74, 6) is 1.05. The monoisotopic (exact) mass is 330 g/mol. The number of allylic oxidation sites excluding steroid dienone is 3. The Morgan fingerprint density at radius 3 is 2.62 bits per heavy atom. The molecule has 4 atom stereocenters. The third kappa shape index (κ3) is 3.55. The van der Waals surface area contributed by atoms with Crippen LogP contribution >= 0.6 is 0 Å². The van der Waals surface area contributed by atoms with Crippen LogP contribution in [0.15, 0.2) is 35.5 Å². The normalized spacial score (nSPS) is 32.4. The molecular weight excluding hydrogens is 300 g/mol. The third-order valence-electron chi connectivity index (χ3n) is 5.70. The minimum Gasteiger partial charge on any atom is -0.455 e. The molecule has 2 rings (SSSR count). The second kappa shape index (κ2) is 7.50. The number of carbonyl (C=O) groups excluding carboxylic acids is 2. The van der Waals surface area contributed by atoms with Crippen molar-refractivity contribution in [3.05, 3.63) is 35.5 Å². The maximum Gasteiger partial charge on any atom is 0.331 e. The minimum atomic E-state index is -0.294. The fourth-order valence-corrected chi connectivity index (χ4v) is 4.16. The van der Waals surface area contributed by atoms with E-state index in [1.807, 2.05) is 26.8 Å². The lowest BCUT2D eigenvalue weighted by Gasteiger charge is -2.41. The van der Waals surface area contributed by atoms with Crippen molar-refractivity contribution in [2.45, 2.75) is 60.0 Å². The molecule has 132 valence electrons. The summed E-state index contributed by atoms with van der Waals surface area (Å²) in [5.41, 5.74) is 2.87. The number of rotatable bonds is 4. The molecule has 0 N–H and O–H groups in total. The zero-order chi connectivity index (χ0) is 18.0. The first-order chi connectivity index (χ1) is 11.3. The molecule has 0 saturated heterocycles. The van der Waals surface area contributed by atoms with E-state index < -0.39 is 0 Å². The van der Waals surface area contributed by atoms with E-state index in [1.165, 1.54) is 0 Å². The summed E-state index contributed by atoms with van der Waals surface area (Å²) in [6, 6.07) is 0. The molecule has 0 aromatic heterocycles. The molecule has 0 amide bonds. The molecule has 2 aliphatic rings. The number of esters is 1. The highest BCUT2D eigenvalue weighted by atomic mass is 16.5. The first-order valence-electron chi connectivity index (χ1n) is 9.05. The number of fused-ring (bicyclic) bond motifs is 1. The molecule has 0 spiro atoms. The molecule has 0 bridgehead atoms. The van der Waals surface area contributed by atoms with Crippen LogP contribution in [0.1, 0.15) is 53.9 Å². The van der Waals surface area contributed by atoms with E-state index in [2.05, 4.69) is 20.4 Å². The molecule has 24 heavy (non-hydrogen) atoms. The Morgan fingerprint density at radius 2 is 2.08 bits per heavy atom. The second-order valence-electron chi connectivity index (χ2n) is 7.49. The highest BCUT2D eigenvalue weighted by Gasteiger charge is 2.50. The van der Waals surface area contributed by atoms with Crippen LogP contribution in [0, 0.1) is 23.7 Å². The molecule has 3 nitrogen and oxygen atoms in total. The van der Waals surface area contributed by atoms with E-state index in [4.69, 9.17) is 4.74 Å². The van der Waals surface area contributed by atoms with Crippen molar-refractivity contribution in [1.82, 2.24) is 0 Å². The van der Waals surface area contributed by atoms with Crippen molar-refractivity contribution in [2.24, 2.45) is 23.7 Å². The van der Waals surface area contributed by atoms with Crippen LogP contribution in [0.5, 0.6) is 0 Å². The van der Waals surface area contributed by atoms with Crippen molar-refractivity contribution < 1.29 is 14.3 Å². The summed E-state index contributed by atoms with van der Waals surface area (Å²) >= 11 is 0. The van der Waals surface area contributed by atoms with Crippen molar-refractivity contribution in [3.63, 3.8) is 0 Å². The Kier molecular flexibility index (Phi) is 5.84. The van der Waals surface area contributed by atoms with Gasteiger partial charge in [0.15, 0.2) is 5.78 Å². The SMILES string of the molecule is C=C1[C@H](OC(=O)/C=C(\C)CC)C[C@@H](C(C)C)[C@H]2/C(=C\C)C(=O)C[C@@H]12. The van der Waals surface area contributed by atoms with Crippen LogP contribution in [0.2, 0.25) is 0 Å². The average Bonchev–Trinajstić information content (AvgIpc) is 2.86. The van der Waals surface area contributed by atoms with E-state index >= 15 is 0 Å². The molecule has 0 unspecified atom stereocenters. The molecular formula is C21H30O3. The summed E-state index contributed by atoms with van der Waals surface area (Å²) in [5, 5.41) is 0. The van der Waals surface area contributed by atoms with Gasteiger partial charge in [0, 0.05) is 12.5 Å². The van der Waals surface area contributed by atoms with Crippen LogP contribution in [-0.4, -0.2) is 17.9 Å². The van der Waals surface area contributed by atoms with Gasteiger partial charge in [-0.1, -0.05) is 39.0 Å². The number of carbonyl (C=O) groups is 2. The Bertz CT molecular complexity index is 594. The van der Waals surface area contributed by atoms with Crippen LogP contribution in [0.4, 0.5) is 0 Å². The van der Waals surface area contributed by atoms with Gasteiger partial charge in [-0.3, -0.25) is 4.79 Å². The summed E-state index contributed by atoms with van der Waals surface area (Å²) in [7, 11) is 0. The van der Waals surface area contributed by atoms with Gasteiger partial charge in [-0.25, -0.2) is 4.79 Å². The van der Waals surface area contributed by atoms with Gasteiger partial charge in [0.1, 0.15) is 6.10 Å². The fourth-order valence-electron chi connectivity index (χ4n) is 4.16. The maximum atomic E-state index is 12.4. The fraction of sp³-hybridized carbons (Fsp3) is 0.619. The third-order valence-corrected chi connectivity index (χ3v) is 5.70. The molecule has 0 aromatic carbocycles. The van der Waals surface area contributed by atoms with E-state index in [9.17, 15) is 9.59 Å². The Balaban J connectivity index is 2.24. The topological polar surface area (TPSA) is 43.4 Å². The average molecular weight is 330 g/mol. The van der Waals surface area contributed by atoms with Crippen LogP contribution in [0.3, 0.4) is 0 Å². The van der Waals surface area contributed by atoms with Gasteiger partial charge >= 0.3 is 5.97 Å². The number of ether oxygens (including phenoxy) is 1. The van der Waals surface area contributed by atoms with E-state index in [1.54, 1.807) is 6.08 Å². The van der Waals surface area contributed by atoms with Crippen LogP contribution in [0.25, 0.3) is 0 Å². The lowest BCUT2D eigenvalue weighted by atomic mass is 9.65. The van der Waals surface area contributed by atoms with Gasteiger partial charge in [-0.15, -0.1) is 0 Å². The summed E-state index contributed by atoms with van der Waals surface area (Å²) < 4.78 is 5.72. The predicted octanol–water partition coefficient (Wildman–Crippen LogP) is 4.64. The van der Waals surface area contributed by atoms with Gasteiger partial charge in [-0.05, 0) is 61.5 Å². The first-order valence-corrected chi connectivity index (χ1v) is 9.05. The molecule has 0 aliphatic heterocycles. The van der Waals surface area contributed by atoms with Gasteiger partial charge in [0.05, 0.1) is 0 Å². The Labute approximate surface area is 145 Å². The highest BCUT2D eigenvalue weighted by Crippen LogP contribution is 2.51. The minimum absolute atomic E-state index is 0.110. The number of Topliss-reactive ketones (excluding diaryl/α,β-unsaturated/α-hetero) is 1. The number of hydrogen-bond donors (Lipinski definition) is 0. The Hall–Kier alpha value is -1.64. The van der Waals surface area contributed by atoms with Crippen LogP contribution < -0.4 is 0 Å². The zero-order valence-corrected chi connectivity index (χ0v) is 15.6. The molecule has 2 fully saturated rings. The quantitative estimate of drug-likeness (QED) is 0.428. The second-order valence-corrected chi connectivity index (χ2v) is 7.49. The molecule has 2 aliphatic carbocycles. The summed E-state index contributed by atoms with van der Waals surface area (Å²) in [4.78, 5) is 24.5. The van der Waals surface area contributed by atoms with Crippen LogP contribution in [-0.2, 0) is 14.3 Å². The lowest BCUT2D eigenvalue weighted by molar-refractivity contribution is -0.143. The smallest absolute Gasteiger partial charge is 0.331 e. The van der Waals surface area contributed by atoms with Crippen molar-refractivity contribution >= 4 is 11.8 Å². The van der Waals surface area contributed by atoms with E-state index in [0.29, 0.717) is 18.3 Å². The van der Waals surface area contributed by atoms with E-state index in [0.717, 1.165) is 29.6 Å². The molecule has 0 heterocycles. The summed E-state index contributed by atoms with van der Waals surface area (Å²) in [6.45, 7) is 14.5. The largest absolute Gasteiger partial charge is 0.455 e. The number of hydrogen-bond acceptors (Lipinski definition) is 3. The van der Waals surface area contributed by atoms with Gasteiger partial charge in [-0.2, -0.15) is 0 Å². The zero-order valence-electron chi connectivity index (χ0n) is 15.6. The standard InChI is InChI=1S/C21H30O3/c1-7-13(5)9-20(23)24-19-11-16(12(3)4)21-15(8-2)18(22)10-17(21)14(19)6/h8-9,12,16-17,19,21H,6-7,10-11H2,1-5H3/b13-9+,15-8-/t16-,17-,19+,21+/m0/s1. The van der Waals surface area contributed by atoms with Gasteiger partial charge in [0.25, 0.3) is 0 Å². The Morgan fingerprint density at radius 1 is 1.42 bits per heavy atom. The van der Waals surface area contributed by atoms with Crippen molar-refractivity contribution in [1.29, 1.82) is 0 Å². The maximum absolute atomic E-state index is 12.4. The molecule has 0 radical (unpaired) electrons. The first kappa shape index (κ1) is 18.7. The molecule has 0 aromatic rings. The van der Waals surface area contributed by atoms with Gasteiger partial charge in [0.2, 0.25) is 0 Å². The molecule has 2 saturated carbocycles. The van der Waals surface area contributed by atoms with Crippen molar-refractivity contribution in [3.8, 4) is 0 Å². The lowest BCUT2D eigenvalue weighted by Crippen LogP contribution is -2.39. The predicted molar refractivity (Wildman–Crippen MR) is 96.4 cm³/mol. The number of ketones is 1. The molecule has 3 heteroatoms. The summed E-state index contributed by atoms with van der Waals surface area (Å²) in [6.07, 6.45) is 5.35. The van der Waals surface area contributed by atoms with Gasteiger partial charge < -0.3 is 4.74 Å². The van der Waals surface area contributed by atoms with E-state index in [-0.39, 0.29) is 29.7 Å². The van der Waals surface area contributed by atoms with Crippen molar-refractivity contribution in [2.75, 3.05) is 0 Å². The highest BCUT2D eigenvalue weighted by molar-refractivity contribution is 5.99.